The first-order valence-electron chi connectivity index (χ1n) is 2.57. The molecule has 12 heavy (non-hydrogen) atoms. The first-order chi connectivity index (χ1) is 5.07. The lowest BCUT2D eigenvalue weighted by atomic mass is 10.3. The monoisotopic (exact) mass is 212 g/mol. The van der Waals surface area contributed by atoms with Crippen LogP contribution in [0, 0.1) is 0 Å². The van der Waals surface area contributed by atoms with Crippen LogP contribution in [0.5, 0.6) is 0 Å². The van der Waals surface area contributed by atoms with Gasteiger partial charge in [-0.2, -0.15) is 13.2 Å². The van der Waals surface area contributed by atoms with Gasteiger partial charge in [-0.25, -0.2) is 13.2 Å². The van der Waals surface area contributed by atoms with Gasteiger partial charge in [0.15, 0.2) is 0 Å². The molecule has 0 aliphatic heterocycles. The number of halogens is 7. The Balaban J connectivity index is 4.96. The van der Waals surface area contributed by atoms with Crippen LogP contribution in [0.25, 0.3) is 0 Å². The van der Waals surface area contributed by atoms with Gasteiger partial charge in [-0.3, -0.25) is 0 Å². The topological polar surface area (TPSA) is 0 Å². The SMILES string of the molecule is CC(F)(F)C(Cl)=C(F)C(F)(F)F. The Morgan fingerprint density at radius 3 is 1.50 bits per heavy atom. The van der Waals surface area contributed by atoms with E-state index in [1.165, 1.54) is 0 Å². The molecule has 0 N–H and O–H groups in total. The molecule has 0 aliphatic rings. The van der Waals surface area contributed by atoms with Gasteiger partial charge in [-0.1, -0.05) is 11.6 Å². The highest BCUT2D eigenvalue weighted by molar-refractivity contribution is 6.30. The summed E-state index contributed by atoms with van der Waals surface area (Å²) in [6, 6.07) is 0. The van der Waals surface area contributed by atoms with E-state index >= 15 is 0 Å². The molecule has 0 saturated heterocycles. The minimum Gasteiger partial charge on any atom is -0.201 e. The highest BCUT2D eigenvalue weighted by Crippen LogP contribution is 2.37. The Morgan fingerprint density at radius 2 is 1.42 bits per heavy atom. The van der Waals surface area contributed by atoms with E-state index in [0.29, 0.717) is 0 Å². The highest BCUT2D eigenvalue weighted by Gasteiger charge is 2.43. The van der Waals surface area contributed by atoms with E-state index in [4.69, 9.17) is 0 Å². The molecule has 0 heterocycles. The van der Waals surface area contributed by atoms with Gasteiger partial charge >= 0.3 is 6.18 Å². The van der Waals surface area contributed by atoms with Crippen LogP contribution in [-0.2, 0) is 0 Å². The summed E-state index contributed by atoms with van der Waals surface area (Å²) in [6.07, 6.45) is -5.46. The minimum atomic E-state index is -5.46. The molecule has 0 spiro atoms. The fourth-order valence-electron chi connectivity index (χ4n) is 0.317. The van der Waals surface area contributed by atoms with Crippen molar-refractivity contribution in [3.63, 3.8) is 0 Å². The summed E-state index contributed by atoms with van der Waals surface area (Å²) >= 11 is 4.43. The van der Waals surface area contributed by atoms with E-state index in [-0.39, 0.29) is 6.92 Å². The largest absolute Gasteiger partial charge is 0.444 e. The number of alkyl halides is 5. The second-order valence-electron chi connectivity index (χ2n) is 2.01. The Morgan fingerprint density at radius 1 is 1.08 bits per heavy atom. The maximum atomic E-state index is 12.0. The van der Waals surface area contributed by atoms with Crippen LogP contribution in [-0.4, -0.2) is 12.1 Å². The lowest BCUT2D eigenvalue weighted by Gasteiger charge is -2.11. The molecule has 72 valence electrons. The number of rotatable bonds is 1. The first kappa shape index (κ1) is 11.6. The van der Waals surface area contributed by atoms with Crippen LogP contribution in [0.3, 0.4) is 0 Å². The molecule has 0 nitrogen and oxygen atoms in total. The zero-order valence-corrected chi connectivity index (χ0v) is 6.40. The van der Waals surface area contributed by atoms with E-state index < -0.39 is 23.0 Å². The first-order valence-corrected chi connectivity index (χ1v) is 2.95. The summed E-state index contributed by atoms with van der Waals surface area (Å²) < 4.78 is 70.0. The van der Waals surface area contributed by atoms with Crippen molar-refractivity contribution in [2.45, 2.75) is 19.0 Å². The number of allylic oxidation sites excluding steroid dienone is 2. The van der Waals surface area contributed by atoms with E-state index in [0.717, 1.165) is 0 Å². The summed E-state index contributed by atoms with van der Waals surface area (Å²) in [6.45, 7) is 0.0701. The standard InChI is InChI=1S/C5H3ClF6/c1-4(8,9)2(6)3(7)5(10,11)12/h1H3. The molecule has 0 amide bonds. The molecule has 7 heteroatoms. The minimum absolute atomic E-state index is 0.0701. The maximum Gasteiger partial charge on any atom is 0.444 e. The molecule has 0 unspecified atom stereocenters. The fourth-order valence-corrected chi connectivity index (χ4v) is 0.424. The van der Waals surface area contributed by atoms with Crippen molar-refractivity contribution in [3.8, 4) is 0 Å². The Labute approximate surface area is 68.8 Å². The molecule has 0 aliphatic carbocycles. The predicted octanol–water partition coefficient (Wildman–Crippen LogP) is 3.62. The van der Waals surface area contributed by atoms with Crippen LogP contribution in [0.2, 0.25) is 0 Å². The summed E-state index contributed by atoms with van der Waals surface area (Å²) in [5.41, 5.74) is 0. The average Bonchev–Trinajstić information content (AvgIpc) is 1.80. The van der Waals surface area contributed by atoms with Crippen LogP contribution in [0.4, 0.5) is 26.3 Å². The molecule has 0 saturated carbocycles. The van der Waals surface area contributed by atoms with Gasteiger partial charge in [0.2, 0.25) is 5.83 Å². The van der Waals surface area contributed by atoms with Crippen molar-refractivity contribution in [2.75, 3.05) is 0 Å². The van der Waals surface area contributed by atoms with Crippen molar-refractivity contribution in [3.05, 3.63) is 10.9 Å². The smallest absolute Gasteiger partial charge is 0.201 e. The van der Waals surface area contributed by atoms with E-state index in [1.807, 2.05) is 0 Å². The average molecular weight is 213 g/mol. The van der Waals surface area contributed by atoms with E-state index in [1.54, 1.807) is 0 Å². The van der Waals surface area contributed by atoms with E-state index in [9.17, 15) is 26.3 Å². The maximum absolute atomic E-state index is 12.0. The van der Waals surface area contributed by atoms with Crippen molar-refractivity contribution in [1.82, 2.24) is 0 Å². The molecule has 0 radical (unpaired) electrons. The molecule has 0 aromatic heterocycles. The summed E-state index contributed by atoms with van der Waals surface area (Å²) in [5, 5.41) is -2.13. The number of hydrogen-bond donors (Lipinski definition) is 0. The quantitative estimate of drug-likeness (QED) is 0.583. The third-order valence-corrected chi connectivity index (χ3v) is 1.32. The van der Waals surface area contributed by atoms with Crippen molar-refractivity contribution >= 4 is 11.6 Å². The normalized spacial score (nSPS) is 16.0. The van der Waals surface area contributed by atoms with Crippen molar-refractivity contribution < 1.29 is 26.3 Å². The summed E-state index contributed by atoms with van der Waals surface area (Å²) in [5.74, 6) is -6.97. The van der Waals surface area contributed by atoms with Crippen molar-refractivity contribution in [2.24, 2.45) is 0 Å². The lowest BCUT2D eigenvalue weighted by Crippen LogP contribution is -2.18. The molecule has 0 fully saturated rings. The lowest BCUT2D eigenvalue weighted by molar-refractivity contribution is -0.112. The van der Waals surface area contributed by atoms with Gasteiger partial charge in [-0.15, -0.1) is 0 Å². The van der Waals surface area contributed by atoms with Gasteiger partial charge in [-0.05, 0) is 0 Å². The third kappa shape index (κ3) is 2.92. The molecular formula is C5H3ClF6. The van der Waals surface area contributed by atoms with Gasteiger partial charge in [0.05, 0.1) is 0 Å². The Bertz CT molecular complexity index is 175. The second-order valence-corrected chi connectivity index (χ2v) is 2.39. The summed E-state index contributed by atoms with van der Waals surface area (Å²) in [4.78, 5) is 0. The fraction of sp³-hybridized carbons (Fsp3) is 0.600. The molecule has 0 bridgehead atoms. The second kappa shape index (κ2) is 3.16. The van der Waals surface area contributed by atoms with Crippen molar-refractivity contribution in [1.29, 1.82) is 0 Å². The molecular weight excluding hydrogens is 209 g/mol. The van der Waals surface area contributed by atoms with Gasteiger partial charge in [0.1, 0.15) is 5.03 Å². The third-order valence-electron chi connectivity index (χ3n) is 0.827. The molecule has 0 aromatic rings. The molecule has 0 aromatic carbocycles. The molecule has 0 atom stereocenters. The Hall–Kier alpha value is -0.390. The van der Waals surface area contributed by atoms with Crippen LogP contribution >= 0.6 is 11.6 Å². The molecule has 0 rings (SSSR count). The highest BCUT2D eigenvalue weighted by atomic mass is 35.5. The van der Waals surface area contributed by atoms with Crippen LogP contribution in [0.15, 0.2) is 10.9 Å². The van der Waals surface area contributed by atoms with E-state index in [2.05, 4.69) is 11.6 Å². The zero-order valence-electron chi connectivity index (χ0n) is 5.65. The summed E-state index contributed by atoms with van der Waals surface area (Å²) in [7, 11) is 0. The van der Waals surface area contributed by atoms with Gasteiger partial charge in [0, 0.05) is 6.92 Å². The predicted molar refractivity (Wildman–Crippen MR) is 30.7 cm³/mol. The number of hydrogen-bond acceptors (Lipinski definition) is 0. The van der Waals surface area contributed by atoms with Gasteiger partial charge in [0.25, 0.3) is 5.92 Å². The van der Waals surface area contributed by atoms with Gasteiger partial charge < -0.3 is 0 Å². The van der Waals surface area contributed by atoms with Crippen LogP contribution in [0.1, 0.15) is 6.92 Å². The zero-order chi connectivity index (χ0) is 10.2. The Kier molecular flexibility index (Phi) is 3.06. The van der Waals surface area contributed by atoms with Crippen LogP contribution < -0.4 is 0 Å².